The highest BCUT2D eigenvalue weighted by Gasteiger charge is 2.48. The molecule has 3 saturated heterocycles. The number of ether oxygens (including phenoxy) is 1. The smallest absolute Gasteiger partial charge is 0.153 e. The number of thioether (sulfide) groups is 1. The van der Waals surface area contributed by atoms with E-state index < -0.39 is 12.9 Å². The largest absolute Gasteiger partial charge is 0.479 e. The van der Waals surface area contributed by atoms with E-state index in [1.807, 2.05) is 0 Å². The molecular weight excluding hydrogens is 352 g/mol. The molecule has 0 bridgehead atoms. The molecule has 6 rings (SSSR count). The van der Waals surface area contributed by atoms with Crippen LogP contribution in [0.15, 0.2) is 22.3 Å². The third-order valence-electron chi connectivity index (χ3n) is 8.06. The number of rotatable bonds is 1. The van der Waals surface area contributed by atoms with Crippen molar-refractivity contribution in [3.63, 3.8) is 0 Å². The predicted octanol–water partition coefficient (Wildman–Crippen LogP) is 4.71. The number of hydrogen-bond donors (Lipinski definition) is 2. The first-order valence-electron chi connectivity index (χ1n) is 12.8. The van der Waals surface area contributed by atoms with E-state index in [0.717, 1.165) is 36.9 Å². The molecule has 2 N–H and O–H groups in total. The summed E-state index contributed by atoms with van der Waals surface area (Å²) in [5.41, 5.74) is 1.49. The third kappa shape index (κ3) is 2.85. The standard InChI is InChI=1S/C23H34N2OS/c1-13-9-10-15-14-6-4-7-16(22(14)26-23(15)24-13)18-11-12-20-21(25-18)17-5-2-3-8-19(17)27-20/h12-15,17-19,21,23-25H,2-11H2,1H3/t13-,14?,15?,17?,18-,19?,21?,23?/m1/s1/i1D3. The average Bonchev–Trinajstić information content (AvgIpc) is 3.30. The van der Waals surface area contributed by atoms with E-state index in [0.29, 0.717) is 23.9 Å². The number of allylic oxidation sites excluding steroid dienone is 1. The van der Waals surface area contributed by atoms with Gasteiger partial charge in [0, 0.05) is 39.3 Å². The fourth-order valence-corrected chi connectivity index (χ4v) is 8.45. The fourth-order valence-electron chi connectivity index (χ4n) is 6.76. The van der Waals surface area contributed by atoms with Gasteiger partial charge in [0.2, 0.25) is 0 Å². The summed E-state index contributed by atoms with van der Waals surface area (Å²) in [6.07, 6.45) is 14.3. The van der Waals surface area contributed by atoms with E-state index in [2.05, 4.69) is 28.5 Å². The minimum absolute atomic E-state index is 0.114. The van der Waals surface area contributed by atoms with Crippen LogP contribution in [0.2, 0.25) is 0 Å². The van der Waals surface area contributed by atoms with Gasteiger partial charge in [-0.1, -0.05) is 18.9 Å². The molecule has 27 heavy (non-hydrogen) atoms. The van der Waals surface area contributed by atoms with Gasteiger partial charge in [0.1, 0.15) is 5.76 Å². The Morgan fingerprint density at radius 1 is 1.07 bits per heavy atom. The summed E-state index contributed by atoms with van der Waals surface area (Å²) in [7, 11) is 0. The molecule has 4 heteroatoms. The van der Waals surface area contributed by atoms with E-state index in [1.54, 1.807) is 4.91 Å². The van der Waals surface area contributed by atoms with Crippen LogP contribution in [0, 0.1) is 17.8 Å². The van der Waals surface area contributed by atoms with Crippen molar-refractivity contribution >= 4 is 11.8 Å². The summed E-state index contributed by atoms with van der Waals surface area (Å²) < 4.78 is 30.0. The lowest BCUT2D eigenvalue weighted by molar-refractivity contribution is 0.0574. The van der Waals surface area contributed by atoms with Crippen LogP contribution in [0.3, 0.4) is 0 Å². The third-order valence-corrected chi connectivity index (χ3v) is 9.64. The van der Waals surface area contributed by atoms with Gasteiger partial charge >= 0.3 is 0 Å². The maximum absolute atomic E-state index is 7.81. The zero-order chi connectivity index (χ0) is 20.5. The van der Waals surface area contributed by atoms with Gasteiger partial charge < -0.3 is 10.1 Å². The van der Waals surface area contributed by atoms with Gasteiger partial charge in [-0.15, -0.1) is 11.8 Å². The van der Waals surface area contributed by atoms with Crippen molar-refractivity contribution in [3.8, 4) is 0 Å². The predicted molar refractivity (Wildman–Crippen MR) is 111 cm³/mol. The zero-order valence-electron chi connectivity index (χ0n) is 19.1. The van der Waals surface area contributed by atoms with Crippen LogP contribution in [0.4, 0.5) is 0 Å². The van der Waals surface area contributed by atoms with Gasteiger partial charge in [0.25, 0.3) is 0 Å². The van der Waals surface area contributed by atoms with Crippen LogP contribution in [0.5, 0.6) is 0 Å². The molecule has 6 unspecified atom stereocenters. The Kier molecular flexibility index (Phi) is 3.66. The molecule has 8 atom stereocenters. The maximum Gasteiger partial charge on any atom is 0.153 e. The van der Waals surface area contributed by atoms with Crippen LogP contribution in [0.1, 0.15) is 75.2 Å². The molecule has 2 aliphatic carbocycles. The minimum Gasteiger partial charge on any atom is -0.479 e. The molecular formula is C23H34N2OS. The molecule has 0 amide bonds. The molecule has 4 aliphatic heterocycles. The normalized spacial score (nSPS) is 51.0. The summed E-state index contributed by atoms with van der Waals surface area (Å²) in [6.45, 7) is -1.94. The summed E-state index contributed by atoms with van der Waals surface area (Å²) >= 11 is 2.15. The zero-order valence-corrected chi connectivity index (χ0v) is 16.9. The minimum atomic E-state index is -1.94. The van der Waals surface area contributed by atoms with Crippen molar-refractivity contribution < 1.29 is 8.85 Å². The van der Waals surface area contributed by atoms with Crippen LogP contribution < -0.4 is 10.6 Å². The van der Waals surface area contributed by atoms with E-state index in [9.17, 15) is 0 Å². The quantitative estimate of drug-likeness (QED) is 0.681. The molecule has 4 fully saturated rings. The number of nitrogens with one attached hydrogen (secondary N) is 2. The van der Waals surface area contributed by atoms with Crippen LogP contribution in [-0.2, 0) is 4.74 Å². The first kappa shape index (κ1) is 14.5. The van der Waals surface area contributed by atoms with E-state index >= 15 is 0 Å². The second kappa shape index (κ2) is 6.81. The molecule has 6 aliphatic rings. The Balaban J connectivity index is 1.23. The second-order valence-corrected chi connectivity index (χ2v) is 10.8. The molecule has 4 heterocycles. The Bertz CT molecular complexity index is 766. The van der Waals surface area contributed by atoms with E-state index in [-0.39, 0.29) is 6.23 Å². The van der Waals surface area contributed by atoms with Crippen LogP contribution in [0.25, 0.3) is 0 Å². The monoisotopic (exact) mass is 389 g/mol. The van der Waals surface area contributed by atoms with E-state index in [4.69, 9.17) is 8.85 Å². The lowest BCUT2D eigenvalue weighted by Gasteiger charge is -2.36. The Hall–Kier alpha value is -0.450. The molecule has 0 spiro atoms. The van der Waals surface area contributed by atoms with E-state index in [1.165, 1.54) is 49.9 Å². The summed E-state index contributed by atoms with van der Waals surface area (Å²) in [4.78, 5) is 1.60. The Morgan fingerprint density at radius 2 is 2.04 bits per heavy atom. The summed E-state index contributed by atoms with van der Waals surface area (Å²) in [5, 5.41) is 8.25. The van der Waals surface area contributed by atoms with Gasteiger partial charge in [-0.05, 0) is 74.6 Å². The molecule has 3 nitrogen and oxygen atoms in total. The lowest BCUT2D eigenvalue weighted by atomic mass is 9.75. The number of fused-ring (bicyclic) bond motifs is 6. The van der Waals surface area contributed by atoms with Crippen LogP contribution >= 0.6 is 11.8 Å². The van der Waals surface area contributed by atoms with Gasteiger partial charge in [-0.25, -0.2) is 0 Å². The first-order chi connectivity index (χ1) is 14.5. The van der Waals surface area contributed by atoms with Crippen molar-refractivity contribution in [2.75, 3.05) is 0 Å². The first-order valence-corrected chi connectivity index (χ1v) is 12.2. The number of hydrogen-bond acceptors (Lipinski definition) is 4. The van der Waals surface area contributed by atoms with Crippen molar-refractivity contribution in [2.24, 2.45) is 17.8 Å². The van der Waals surface area contributed by atoms with Gasteiger partial charge in [0.15, 0.2) is 6.23 Å². The number of piperidine rings is 1. The van der Waals surface area contributed by atoms with Gasteiger partial charge in [-0.2, -0.15) is 0 Å². The fraction of sp³-hybridized carbons (Fsp3) is 0.826. The van der Waals surface area contributed by atoms with Crippen molar-refractivity contribution in [1.82, 2.24) is 10.6 Å². The average molecular weight is 390 g/mol. The molecule has 148 valence electrons. The Labute approximate surface area is 172 Å². The lowest BCUT2D eigenvalue weighted by Crippen LogP contribution is -2.47. The van der Waals surface area contributed by atoms with Gasteiger partial charge in [-0.3, -0.25) is 5.32 Å². The van der Waals surface area contributed by atoms with Crippen molar-refractivity contribution in [2.45, 2.75) is 101 Å². The molecule has 0 radical (unpaired) electrons. The summed E-state index contributed by atoms with van der Waals surface area (Å²) in [6, 6.07) is 0.519. The highest BCUT2D eigenvalue weighted by Crippen LogP contribution is 2.52. The van der Waals surface area contributed by atoms with Gasteiger partial charge in [0.05, 0.1) is 0 Å². The highest BCUT2D eigenvalue weighted by atomic mass is 32.2. The Morgan fingerprint density at radius 3 is 3.00 bits per heavy atom. The van der Waals surface area contributed by atoms with Crippen molar-refractivity contribution in [1.29, 1.82) is 0 Å². The maximum atomic E-state index is 7.81. The topological polar surface area (TPSA) is 33.3 Å². The molecule has 1 saturated carbocycles. The summed E-state index contributed by atoms with van der Waals surface area (Å²) in [5.74, 6) is 2.94. The second-order valence-electron chi connectivity index (χ2n) is 9.53. The highest BCUT2D eigenvalue weighted by molar-refractivity contribution is 8.04. The molecule has 0 aromatic heterocycles. The molecule has 0 aromatic rings. The molecule has 0 aromatic carbocycles. The SMILES string of the molecule is [2H]C([2H])([2H])[C@@H]1CCC2C(N1)OC1=C([C@H]3CC=C4SC5CCCCC5C4N3)CCCC12. The van der Waals surface area contributed by atoms with Crippen molar-refractivity contribution in [3.05, 3.63) is 22.3 Å². The van der Waals surface area contributed by atoms with Crippen LogP contribution in [-0.4, -0.2) is 29.6 Å².